The zero-order valence-corrected chi connectivity index (χ0v) is 10.5. The molecular weight excluding hydrogens is 262 g/mol. The molecule has 0 aliphatic carbocycles. The summed E-state index contributed by atoms with van der Waals surface area (Å²) in [5, 5.41) is 5.75. The van der Waals surface area contributed by atoms with Gasteiger partial charge in [0.05, 0.1) is 0 Å². The molecule has 0 saturated carbocycles. The Morgan fingerprint density at radius 3 is 2.56 bits per heavy atom. The van der Waals surface area contributed by atoms with E-state index in [0.717, 1.165) is 31.5 Å². The maximum atomic E-state index is 13.3. The first kappa shape index (κ1) is 14.9. The summed E-state index contributed by atoms with van der Waals surface area (Å²) in [5.74, 6) is -2.34. The number of piperidine rings is 1. The number of hydrogen-bond acceptors (Lipinski definition) is 2. The topological polar surface area (TPSA) is 41.1 Å². The van der Waals surface area contributed by atoms with Crippen molar-refractivity contribution in [1.82, 2.24) is 10.6 Å². The lowest BCUT2D eigenvalue weighted by Gasteiger charge is -2.23. The summed E-state index contributed by atoms with van der Waals surface area (Å²) >= 11 is 0. The average molecular weight is 277 g/mol. The summed E-state index contributed by atoms with van der Waals surface area (Å²) in [4.78, 5) is 11.7. The highest BCUT2D eigenvalue weighted by Gasteiger charge is 2.21. The van der Waals surface area contributed by atoms with Crippen molar-refractivity contribution in [3.63, 3.8) is 0 Å². The van der Waals surface area contributed by atoms with Gasteiger partial charge in [-0.2, -0.15) is 0 Å². The van der Waals surface area contributed by atoms with Crippen LogP contribution in [0.1, 0.15) is 23.2 Å². The van der Waals surface area contributed by atoms with Crippen molar-refractivity contribution in [2.75, 3.05) is 13.1 Å². The van der Waals surface area contributed by atoms with Crippen LogP contribution >= 0.6 is 12.4 Å². The summed E-state index contributed by atoms with van der Waals surface area (Å²) in [5.41, 5.74) is -0.502. The molecule has 0 aromatic heterocycles. The molecule has 1 aromatic rings. The molecule has 0 unspecified atom stereocenters. The zero-order chi connectivity index (χ0) is 12.3. The molecular formula is C12H15ClF2N2O. The van der Waals surface area contributed by atoms with Crippen LogP contribution in [-0.2, 0) is 0 Å². The predicted molar refractivity (Wildman–Crippen MR) is 67.0 cm³/mol. The van der Waals surface area contributed by atoms with Crippen molar-refractivity contribution in [3.8, 4) is 0 Å². The van der Waals surface area contributed by atoms with Crippen LogP contribution in [0.2, 0.25) is 0 Å². The molecule has 1 fully saturated rings. The van der Waals surface area contributed by atoms with E-state index in [2.05, 4.69) is 10.6 Å². The molecule has 6 heteroatoms. The number of rotatable bonds is 2. The normalized spacial score (nSPS) is 18.9. The quantitative estimate of drug-likeness (QED) is 0.866. The second kappa shape index (κ2) is 6.66. The Labute approximate surface area is 110 Å². The fraction of sp³-hybridized carbons (Fsp3) is 0.417. The Kier molecular flexibility index (Phi) is 5.50. The molecule has 1 aromatic carbocycles. The minimum Gasteiger partial charge on any atom is -0.348 e. The molecule has 1 aliphatic heterocycles. The van der Waals surface area contributed by atoms with Gasteiger partial charge in [-0.25, -0.2) is 8.78 Å². The molecule has 100 valence electrons. The van der Waals surface area contributed by atoms with E-state index in [-0.39, 0.29) is 18.4 Å². The standard InChI is InChI=1S/C12H14F2N2O.ClH/c13-9-4-1-5-10(14)11(9)12(17)16-8-3-2-6-15-7-8;/h1,4-5,8,15H,2-3,6-7H2,(H,16,17);1H/t8-;/m0./s1. The second-order valence-corrected chi connectivity index (χ2v) is 4.11. The molecule has 2 rings (SSSR count). The van der Waals surface area contributed by atoms with Gasteiger partial charge < -0.3 is 10.6 Å². The van der Waals surface area contributed by atoms with Crippen LogP contribution in [0.25, 0.3) is 0 Å². The maximum absolute atomic E-state index is 13.3. The van der Waals surface area contributed by atoms with E-state index in [1.54, 1.807) is 0 Å². The summed E-state index contributed by atoms with van der Waals surface area (Å²) in [6, 6.07) is 3.34. The summed E-state index contributed by atoms with van der Waals surface area (Å²) in [6.45, 7) is 1.56. The van der Waals surface area contributed by atoms with Gasteiger partial charge in [0.25, 0.3) is 5.91 Å². The van der Waals surface area contributed by atoms with Gasteiger partial charge in [0.15, 0.2) is 0 Å². The Bertz CT molecular complexity index is 402. The number of amides is 1. The molecule has 0 radical (unpaired) electrons. The number of nitrogens with one attached hydrogen (secondary N) is 2. The van der Waals surface area contributed by atoms with Gasteiger partial charge in [-0.05, 0) is 31.5 Å². The van der Waals surface area contributed by atoms with Gasteiger partial charge in [0, 0.05) is 12.6 Å². The SMILES string of the molecule is Cl.O=C(N[C@H]1CCCNC1)c1c(F)cccc1F. The Morgan fingerprint density at radius 2 is 2.00 bits per heavy atom. The lowest BCUT2D eigenvalue weighted by molar-refractivity contribution is 0.0922. The van der Waals surface area contributed by atoms with Crippen LogP contribution in [0.5, 0.6) is 0 Å². The van der Waals surface area contributed by atoms with Crippen molar-refractivity contribution in [2.45, 2.75) is 18.9 Å². The number of halogens is 3. The van der Waals surface area contributed by atoms with E-state index < -0.39 is 23.1 Å². The highest BCUT2D eigenvalue weighted by Crippen LogP contribution is 2.12. The maximum Gasteiger partial charge on any atom is 0.257 e. The Morgan fingerprint density at radius 1 is 1.33 bits per heavy atom. The van der Waals surface area contributed by atoms with Crippen molar-refractivity contribution in [3.05, 3.63) is 35.4 Å². The van der Waals surface area contributed by atoms with Gasteiger partial charge in [-0.1, -0.05) is 6.07 Å². The molecule has 18 heavy (non-hydrogen) atoms. The van der Waals surface area contributed by atoms with Gasteiger partial charge in [0.1, 0.15) is 17.2 Å². The number of benzene rings is 1. The van der Waals surface area contributed by atoms with Gasteiger partial charge in [0.2, 0.25) is 0 Å². The highest BCUT2D eigenvalue weighted by atomic mass is 35.5. The van der Waals surface area contributed by atoms with Crippen molar-refractivity contribution in [1.29, 1.82) is 0 Å². The van der Waals surface area contributed by atoms with Crippen LogP contribution < -0.4 is 10.6 Å². The molecule has 1 atom stereocenters. The van der Waals surface area contributed by atoms with Crippen LogP contribution in [-0.4, -0.2) is 25.0 Å². The minimum absolute atomic E-state index is 0. The van der Waals surface area contributed by atoms with Gasteiger partial charge >= 0.3 is 0 Å². The molecule has 0 bridgehead atoms. The van der Waals surface area contributed by atoms with Gasteiger partial charge in [-0.3, -0.25) is 4.79 Å². The summed E-state index contributed by atoms with van der Waals surface area (Å²) < 4.78 is 26.7. The van der Waals surface area contributed by atoms with E-state index in [1.165, 1.54) is 6.07 Å². The van der Waals surface area contributed by atoms with Crippen LogP contribution in [0.4, 0.5) is 8.78 Å². The van der Waals surface area contributed by atoms with Crippen LogP contribution in [0.3, 0.4) is 0 Å². The summed E-state index contributed by atoms with van der Waals surface area (Å²) in [6.07, 6.45) is 1.78. The van der Waals surface area contributed by atoms with Crippen LogP contribution in [0.15, 0.2) is 18.2 Å². The number of hydrogen-bond donors (Lipinski definition) is 2. The van der Waals surface area contributed by atoms with E-state index in [9.17, 15) is 13.6 Å². The largest absolute Gasteiger partial charge is 0.348 e. The van der Waals surface area contributed by atoms with Crippen molar-refractivity contribution in [2.24, 2.45) is 0 Å². The smallest absolute Gasteiger partial charge is 0.257 e. The average Bonchev–Trinajstić information content (AvgIpc) is 2.30. The lowest BCUT2D eigenvalue weighted by Crippen LogP contribution is -2.46. The van der Waals surface area contributed by atoms with E-state index in [4.69, 9.17) is 0 Å². The molecule has 1 saturated heterocycles. The third-order valence-corrected chi connectivity index (χ3v) is 2.82. The number of carbonyl (C=O) groups excluding carboxylic acids is 1. The molecule has 1 amide bonds. The summed E-state index contributed by atoms with van der Waals surface area (Å²) in [7, 11) is 0. The predicted octanol–water partition coefficient (Wildman–Crippen LogP) is 1.87. The third kappa shape index (κ3) is 3.40. The van der Waals surface area contributed by atoms with Crippen molar-refractivity contribution < 1.29 is 13.6 Å². The molecule has 0 spiro atoms. The van der Waals surface area contributed by atoms with Crippen molar-refractivity contribution >= 4 is 18.3 Å². The number of carbonyl (C=O) groups is 1. The van der Waals surface area contributed by atoms with E-state index in [1.807, 2.05) is 0 Å². The molecule has 1 heterocycles. The fourth-order valence-corrected chi connectivity index (χ4v) is 1.95. The highest BCUT2D eigenvalue weighted by molar-refractivity contribution is 5.94. The molecule has 3 nitrogen and oxygen atoms in total. The molecule has 2 N–H and O–H groups in total. The first-order valence-electron chi connectivity index (χ1n) is 5.64. The zero-order valence-electron chi connectivity index (χ0n) is 9.71. The van der Waals surface area contributed by atoms with E-state index in [0.29, 0.717) is 6.54 Å². The first-order chi connectivity index (χ1) is 8.18. The second-order valence-electron chi connectivity index (χ2n) is 4.11. The minimum atomic E-state index is -0.828. The first-order valence-corrected chi connectivity index (χ1v) is 5.64. The fourth-order valence-electron chi connectivity index (χ4n) is 1.95. The van der Waals surface area contributed by atoms with Gasteiger partial charge in [-0.15, -0.1) is 12.4 Å². The Balaban J connectivity index is 0.00000162. The van der Waals surface area contributed by atoms with Crippen LogP contribution in [0, 0.1) is 11.6 Å². The van der Waals surface area contributed by atoms with E-state index >= 15 is 0 Å². The molecule has 1 aliphatic rings. The lowest BCUT2D eigenvalue weighted by atomic mass is 10.1. The Hall–Kier alpha value is -1.20. The monoisotopic (exact) mass is 276 g/mol. The third-order valence-electron chi connectivity index (χ3n) is 2.82.